The van der Waals surface area contributed by atoms with Crippen molar-refractivity contribution in [2.45, 2.75) is 0 Å². The Morgan fingerprint density at radius 3 is 3.00 bits per heavy atom. The van der Waals surface area contributed by atoms with Crippen LogP contribution in [0, 0.1) is 0 Å². The van der Waals surface area contributed by atoms with Gasteiger partial charge in [0, 0.05) is 12.3 Å². The van der Waals surface area contributed by atoms with E-state index in [1.807, 2.05) is 0 Å². The number of carboxylic acid groups (broad SMARTS) is 1. The van der Waals surface area contributed by atoms with Gasteiger partial charge in [0.15, 0.2) is 0 Å². The molecule has 11 heavy (non-hydrogen) atoms. The average molecular weight is 218 g/mol. The number of aromatic nitrogens is 3. The van der Waals surface area contributed by atoms with Crippen LogP contribution in [-0.4, -0.2) is 25.8 Å². The van der Waals surface area contributed by atoms with E-state index in [4.69, 9.17) is 5.11 Å². The molecule has 1 rings (SSSR count). The molecule has 0 radical (unpaired) electrons. The van der Waals surface area contributed by atoms with Gasteiger partial charge in [-0.15, -0.1) is 5.10 Å². The van der Waals surface area contributed by atoms with Crippen LogP contribution < -0.4 is 0 Å². The molecule has 0 unspecified atom stereocenters. The summed E-state index contributed by atoms with van der Waals surface area (Å²) >= 11 is 3.01. The second-order valence-electron chi connectivity index (χ2n) is 1.65. The van der Waals surface area contributed by atoms with E-state index in [1.54, 1.807) is 0 Å². The predicted molar refractivity (Wildman–Crippen MR) is 40.7 cm³/mol. The summed E-state index contributed by atoms with van der Waals surface area (Å²) in [5.74, 6) is -1.02. The first kappa shape index (κ1) is 7.93. The van der Waals surface area contributed by atoms with Gasteiger partial charge in [-0.3, -0.25) is 0 Å². The third-order valence-corrected chi connectivity index (χ3v) is 1.21. The van der Waals surface area contributed by atoms with Crippen molar-refractivity contribution in [1.82, 2.24) is 14.8 Å². The minimum absolute atomic E-state index is 0.424. The van der Waals surface area contributed by atoms with Gasteiger partial charge in [0.1, 0.15) is 6.33 Å². The van der Waals surface area contributed by atoms with E-state index in [0.717, 1.165) is 6.08 Å². The maximum absolute atomic E-state index is 10.0. The number of hydrogen-bond acceptors (Lipinski definition) is 3. The Kier molecular flexibility index (Phi) is 2.37. The van der Waals surface area contributed by atoms with Crippen LogP contribution in [0.2, 0.25) is 0 Å². The van der Waals surface area contributed by atoms with Gasteiger partial charge < -0.3 is 5.11 Å². The smallest absolute Gasteiger partial charge is 0.329 e. The van der Waals surface area contributed by atoms with Gasteiger partial charge in [-0.05, 0) is 15.9 Å². The molecule has 0 spiro atoms. The Balaban J connectivity index is 2.71. The number of rotatable bonds is 2. The Morgan fingerprint density at radius 1 is 1.82 bits per heavy atom. The summed E-state index contributed by atoms with van der Waals surface area (Å²) < 4.78 is 1.71. The predicted octanol–water partition coefficient (Wildman–Crippen LogP) is 0.596. The molecule has 0 aliphatic rings. The van der Waals surface area contributed by atoms with Crippen molar-refractivity contribution in [3.63, 3.8) is 0 Å². The van der Waals surface area contributed by atoms with Gasteiger partial charge in [0.2, 0.25) is 4.73 Å². The van der Waals surface area contributed by atoms with Crippen molar-refractivity contribution in [3.8, 4) is 0 Å². The summed E-state index contributed by atoms with van der Waals surface area (Å²) in [6.07, 6.45) is 3.66. The van der Waals surface area contributed by atoms with Crippen LogP contribution in [0.4, 0.5) is 0 Å². The van der Waals surface area contributed by atoms with Crippen molar-refractivity contribution in [3.05, 3.63) is 17.1 Å². The van der Waals surface area contributed by atoms with E-state index in [1.165, 1.54) is 17.2 Å². The minimum Gasteiger partial charge on any atom is -0.478 e. The molecule has 1 aromatic heterocycles. The molecule has 0 amide bonds. The molecule has 0 bridgehead atoms. The highest BCUT2D eigenvalue weighted by molar-refractivity contribution is 9.10. The molecule has 1 heterocycles. The van der Waals surface area contributed by atoms with Crippen molar-refractivity contribution in [2.75, 3.05) is 0 Å². The molecule has 0 saturated carbocycles. The Labute approximate surface area is 70.5 Å². The summed E-state index contributed by atoms with van der Waals surface area (Å²) in [5.41, 5.74) is 0. The van der Waals surface area contributed by atoms with Crippen molar-refractivity contribution in [2.24, 2.45) is 0 Å². The van der Waals surface area contributed by atoms with Crippen LogP contribution in [0.3, 0.4) is 0 Å². The van der Waals surface area contributed by atoms with Crippen molar-refractivity contribution < 1.29 is 9.90 Å². The van der Waals surface area contributed by atoms with Crippen molar-refractivity contribution >= 4 is 28.1 Å². The number of halogens is 1. The first-order chi connectivity index (χ1) is 5.18. The minimum atomic E-state index is -1.02. The number of carbonyl (C=O) groups is 1. The van der Waals surface area contributed by atoms with E-state index in [2.05, 4.69) is 26.0 Å². The average Bonchev–Trinajstić information content (AvgIpc) is 2.31. The lowest BCUT2D eigenvalue weighted by Crippen LogP contribution is -1.90. The fraction of sp³-hybridized carbons (Fsp3) is 0. The highest BCUT2D eigenvalue weighted by Crippen LogP contribution is 1.98. The third-order valence-electron chi connectivity index (χ3n) is 0.850. The topological polar surface area (TPSA) is 68.0 Å². The number of carboxylic acids is 1. The Bertz CT molecular complexity index is 294. The first-order valence-corrected chi connectivity index (χ1v) is 3.45. The largest absolute Gasteiger partial charge is 0.478 e. The molecule has 58 valence electrons. The molecule has 0 aromatic carbocycles. The lowest BCUT2D eigenvalue weighted by atomic mass is 10.6. The highest BCUT2D eigenvalue weighted by atomic mass is 79.9. The molecule has 0 atom stereocenters. The quantitative estimate of drug-likeness (QED) is 0.737. The summed E-state index contributed by atoms with van der Waals surface area (Å²) in [6, 6.07) is 0. The molecule has 0 aliphatic carbocycles. The van der Waals surface area contributed by atoms with E-state index in [-0.39, 0.29) is 0 Å². The van der Waals surface area contributed by atoms with E-state index < -0.39 is 5.97 Å². The van der Waals surface area contributed by atoms with Gasteiger partial charge in [0.05, 0.1) is 0 Å². The zero-order valence-corrected chi connectivity index (χ0v) is 6.89. The molecule has 0 saturated heterocycles. The van der Waals surface area contributed by atoms with E-state index in [0.29, 0.717) is 4.73 Å². The number of nitrogens with zero attached hydrogens (tertiary/aromatic N) is 3. The molecular formula is C5H4BrN3O2. The molecule has 0 aliphatic heterocycles. The second-order valence-corrected chi connectivity index (χ2v) is 2.36. The summed E-state index contributed by atoms with van der Waals surface area (Å²) in [5, 5.41) is 12.0. The van der Waals surface area contributed by atoms with Crippen LogP contribution >= 0.6 is 15.9 Å². The summed E-state index contributed by atoms with van der Waals surface area (Å²) in [4.78, 5) is 13.7. The van der Waals surface area contributed by atoms with Gasteiger partial charge in [-0.1, -0.05) is 0 Å². The van der Waals surface area contributed by atoms with E-state index in [9.17, 15) is 4.79 Å². The zero-order chi connectivity index (χ0) is 8.27. The fourth-order valence-electron chi connectivity index (χ4n) is 0.466. The van der Waals surface area contributed by atoms with Crippen LogP contribution in [-0.2, 0) is 4.79 Å². The monoisotopic (exact) mass is 217 g/mol. The van der Waals surface area contributed by atoms with Gasteiger partial charge in [-0.25, -0.2) is 14.5 Å². The zero-order valence-electron chi connectivity index (χ0n) is 5.31. The van der Waals surface area contributed by atoms with Crippen LogP contribution in [0.25, 0.3) is 6.20 Å². The normalized spacial score (nSPS) is 10.6. The van der Waals surface area contributed by atoms with Gasteiger partial charge >= 0.3 is 5.97 Å². The molecule has 6 heteroatoms. The molecular weight excluding hydrogens is 214 g/mol. The highest BCUT2D eigenvalue weighted by Gasteiger charge is 1.91. The number of aliphatic carboxylic acids is 1. The lowest BCUT2D eigenvalue weighted by molar-refractivity contribution is -0.131. The maximum Gasteiger partial charge on any atom is 0.329 e. The first-order valence-electron chi connectivity index (χ1n) is 2.66. The summed E-state index contributed by atoms with van der Waals surface area (Å²) in [6.45, 7) is 0. The third kappa shape index (κ3) is 2.50. The van der Waals surface area contributed by atoms with Crippen LogP contribution in [0.1, 0.15) is 0 Å². The molecule has 1 aromatic rings. The number of hydrogen-bond donors (Lipinski definition) is 1. The maximum atomic E-state index is 10.0. The SMILES string of the molecule is O=C(O)/C=C/n1cnc(Br)n1. The van der Waals surface area contributed by atoms with Crippen LogP contribution in [0.15, 0.2) is 17.1 Å². The molecule has 5 nitrogen and oxygen atoms in total. The standard InChI is InChI=1S/C5H4BrN3O2/c6-5-7-3-9(8-5)2-1-4(10)11/h1-3H,(H,10,11)/b2-1+. The Morgan fingerprint density at radius 2 is 2.55 bits per heavy atom. The molecule has 0 fully saturated rings. The van der Waals surface area contributed by atoms with Crippen molar-refractivity contribution in [1.29, 1.82) is 0 Å². The molecule has 1 N–H and O–H groups in total. The van der Waals surface area contributed by atoms with E-state index >= 15 is 0 Å². The second kappa shape index (κ2) is 3.29. The fourth-order valence-corrected chi connectivity index (χ4v) is 0.740. The summed E-state index contributed by atoms with van der Waals surface area (Å²) in [7, 11) is 0. The Hall–Kier alpha value is -1.17. The van der Waals surface area contributed by atoms with Crippen LogP contribution in [0.5, 0.6) is 0 Å². The van der Waals surface area contributed by atoms with Gasteiger partial charge in [0.25, 0.3) is 0 Å². The van der Waals surface area contributed by atoms with Gasteiger partial charge in [-0.2, -0.15) is 0 Å². The lowest BCUT2D eigenvalue weighted by Gasteiger charge is -1.84.